The molecule has 0 saturated heterocycles. The fraction of sp³-hybridized carbons (Fsp3) is 0.308. The third kappa shape index (κ3) is 3.99. The Morgan fingerprint density at radius 1 is 1.45 bits per heavy atom. The lowest BCUT2D eigenvalue weighted by molar-refractivity contribution is 0.0504. The van der Waals surface area contributed by atoms with Gasteiger partial charge in [0.2, 0.25) is 0 Å². The summed E-state index contributed by atoms with van der Waals surface area (Å²) in [5.41, 5.74) is 0.496. The van der Waals surface area contributed by atoms with Gasteiger partial charge >= 0.3 is 0 Å². The third-order valence-electron chi connectivity index (χ3n) is 2.80. The lowest BCUT2D eigenvalue weighted by Crippen LogP contribution is -2.37. The predicted molar refractivity (Wildman–Crippen MR) is 75.4 cm³/mol. The van der Waals surface area contributed by atoms with Gasteiger partial charge in [-0.1, -0.05) is 22.9 Å². The molecule has 0 aliphatic carbocycles. The SMILES string of the molecule is O=C(c1cn(-c2cccc(Cl)c2)nn1)N(CCO)CC(F)F. The van der Waals surface area contributed by atoms with Crippen molar-refractivity contribution in [2.75, 3.05) is 19.7 Å². The molecule has 1 N–H and O–H groups in total. The van der Waals surface area contributed by atoms with E-state index in [1.165, 1.54) is 10.9 Å². The summed E-state index contributed by atoms with van der Waals surface area (Å²) < 4.78 is 26.3. The number of amides is 1. The number of aromatic nitrogens is 3. The summed E-state index contributed by atoms with van der Waals surface area (Å²) in [5.74, 6) is -0.720. The highest BCUT2D eigenvalue weighted by molar-refractivity contribution is 6.30. The molecule has 6 nitrogen and oxygen atoms in total. The number of nitrogens with zero attached hydrogens (tertiary/aromatic N) is 4. The van der Waals surface area contributed by atoms with Crippen molar-refractivity contribution in [3.63, 3.8) is 0 Å². The van der Waals surface area contributed by atoms with Crippen molar-refractivity contribution in [2.45, 2.75) is 6.43 Å². The standard InChI is InChI=1S/C13H13ClF2N4O2/c14-9-2-1-3-10(6-9)20-7-11(17-18-20)13(22)19(4-5-21)8-12(15)16/h1-3,6-7,12,21H,4-5,8H2. The lowest BCUT2D eigenvalue weighted by Gasteiger charge is -2.19. The Kier molecular flexibility index (Phi) is 5.40. The minimum absolute atomic E-state index is 0.0888. The van der Waals surface area contributed by atoms with Crippen molar-refractivity contribution >= 4 is 17.5 Å². The minimum atomic E-state index is -2.70. The van der Waals surface area contributed by atoms with Gasteiger partial charge in [-0.15, -0.1) is 5.10 Å². The molecule has 1 amide bonds. The zero-order chi connectivity index (χ0) is 16.1. The molecule has 0 atom stereocenters. The van der Waals surface area contributed by atoms with Crippen LogP contribution >= 0.6 is 11.6 Å². The summed E-state index contributed by atoms with van der Waals surface area (Å²) >= 11 is 5.87. The quantitative estimate of drug-likeness (QED) is 0.873. The Balaban J connectivity index is 2.20. The van der Waals surface area contributed by atoms with Gasteiger partial charge in [0.05, 0.1) is 25.0 Å². The smallest absolute Gasteiger partial charge is 0.276 e. The number of benzene rings is 1. The fourth-order valence-corrected chi connectivity index (χ4v) is 2.02. The number of halogens is 3. The van der Waals surface area contributed by atoms with E-state index < -0.39 is 25.5 Å². The van der Waals surface area contributed by atoms with Gasteiger partial charge in [-0.25, -0.2) is 13.5 Å². The first-order chi connectivity index (χ1) is 10.5. The normalized spacial score (nSPS) is 11.0. The average molecular weight is 331 g/mol. The number of aliphatic hydroxyl groups excluding tert-OH is 1. The van der Waals surface area contributed by atoms with Crippen molar-refractivity contribution in [1.82, 2.24) is 19.9 Å². The fourth-order valence-electron chi connectivity index (χ4n) is 1.83. The van der Waals surface area contributed by atoms with Crippen LogP contribution in [0.5, 0.6) is 0 Å². The first-order valence-corrected chi connectivity index (χ1v) is 6.75. The van der Waals surface area contributed by atoms with Gasteiger partial charge in [0, 0.05) is 11.6 Å². The molecule has 1 aromatic carbocycles. The maximum absolute atomic E-state index is 12.5. The van der Waals surface area contributed by atoms with Crippen LogP contribution in [0.2, 0.25) is 5.02 Å². The first kappa shape index (κ1) is 16.3. The predicted octanol–water partition coefficient (Wildman–Crippen LogP) is 1.62. The molecule has 0 radical (unpaired) electrons. The highest BCUT2D eigenvalue weighted by Gasteiger charge is 2.22. The van der Waals surface area contributed by atoms with Crippen LogP contribution in [-0.4, -0.2) is 57.0 Å². The minimum Gasteiger partial charge on any atom is -0.395 e. The van der Waals surface area contributed by atoms with Crippen LogP contribution in [0.15, 0.2) is 30.5 Å². The Morgan fingerprint density at radius 2 is 2.23 bits per heavy atom. The second kappa shape index (κ2) is 7.28. The van der Waals surface area contributed by atoms with Gasteiger partial charge in [0.15, 0.2) is 5.69 Å². The van der Waals surface area contributed by atoms with Crippen LogP contribution in [0.4, 0.5) is 8.78 Å². The van der Waals surface area contributed by atoms with Crippen molar-refractivity contribution in [3.05, 3.63) is 41.2 Å². The molecule has 0 aliphatic heterocycles. The second-order valence-corrected chi connectivity index (χ2v) is 4.83. The van der Waals surface area contributed by atoms with E-state index >= 15 is 0 Å². The molecule has 9 heteroatoms. The van der Waals surface area contributed by atoms with Crippen molar-refractivity contribution < 1.29 is 18.7 Å². The van der Waals surface area contributed by atoms with Gasteiger partial charge < -0.3 is 10.0 Å². The molecule has 1 aromatic heterocycles. The van der Waals surface area contributed by atoms with Gasteiger partial charge in [-0.2, -0.15) is 0 Å². The number of carbonyl (C=O) groups excluding carboxylic acids is 1. The number of hydrogen-bond donors (Lipinski definition) is 1. The number of aliphatic hydroxyl groups is 1. The van der Waals surface area contributed by atoms with Crippen molar-refractivity contribution in [1.29, 1.82) is 0 Å². The maximum atomic E-state index is 12.5. The summed E-state index contributed by atoms with van der Waals surface area (Å²) in [7, 11) is 0. The monoisotopic (exact) mass is 330 g/mol. The van der Waals surface area contributed by atoms with Crippen LogP contribution in [-0.2, 0) is 0 Å². The van der Waals surface area contributed by atoms with Crippen LogP contribution in [0.25, 0.3) is 5.69 Å². The molecule has 0 bridgehead atoms. The number of rotatable bonds is 6. The van der Waals surface area contributed by atoms with Crippen LogP contribution < -0.4 is 0 Å². The lowest BCUT2D eigenvalue weighted by atomic mass is 10.3. The zero-order valence-electron chi connectivity index (χ0n) is 11.4. The molecule has 118 valence electrons. The summed E-state index contributed by atoms with van der Waals surface area (Å²) in [5, 5.41) is 16.8. The third-order valence-corrected chi connectivity index (χ3v) is 3.04. The molecule has 2 rings (SSSR count). The Hall–Kier alpha value is -2.06. The molecule has 2 aromatic rings. The van der Waals surface area contributed by atoms with E-state index in [-0.39, 0.29) is 12.2 Å². The van der Waals surface area contributed by atoms with Crippen LogP contribution in [0, 0.1) is 0 Å². The van der Waals surface area contributed by atoms with Gasteiger partial charge in [0.1, 0.15) is 0 Å². The molecular weight excluding hydrogens is 318 g/mol. The largest absolute Gasteiger partial charge is 0.395 e. The molecule has 0 spiro atoms. The second-order valence-electron chi connectivity index (χ2n) is 4.39. The molecule has 0 unspecified atom stereocenters. The highest BCUT2D eigenvalue weighted by atomic mass is 35.5. The average Bonchev–Trinajstić information content (AvgIpc) is 2.95. The van der Waals surface area contributed by atoms with Crippen molar-refractivity contribution in [3.8, 4) is 5.69 Å². The highest BCUT2D eigenvalue weighted by Crippen LogP contribution is 2.14. The molecule has 1 heterocycles. The maximum Gasteiger partial charge on any atom is 0.276 e. The van der Waals surface area contributed by atoms with Gasteiger partial charge in [-0.05, 0) is 18.2 Å². The summed E-state index contributed by atoms with van der Waals surface area (Å²) in [6, 6.07) is 6.71. The van der Waals surface area contributed by atoms with Gasteiger partial charge in [0.25, 0.3) is 12.3 Å². The van der Waals surface area contributed by atoms with E-state index in [4.69, 9.17) is 16.7 Å². The molecule has 0 aliphatic rings. The first-order valence-electron chi connectivity index (χ1n) is 6.38. The molecular formula is C13H13ClF2N4O2. The van der Waals surface area contributed by atoms with E-state index in [0.717, 1.165) is 4.90 Å². The molecule has 0 fully saturated rings. The number of alkyl halides is 2. The van der Waals surface area contributed by atoms with E-state index in [1.807, 2.05) is 0 Å². The van der Waals surface area contributed by atoms with E-state index in [9.17, 15) is 13.6 Å². The Labute approximate surface area is 129 Å². The summed E-state index contributed by atoms with van der Waals surface area (Å²) in [4.78, 5) is 13.0. The van der Waals surface area contributed by atoms with E-state index in [0.29, 0.717) is 10.7 Å². The number of hydrogen-bond acceptors (Lipinski definition) is 4. The summed E-state index contributed by atoms with van der Waals surface area (Å²) in [6.07, 6.45) is -1.37. The van der Waals surface area contributed by atoms with Crippen LogP contribution in [0.1, 0.15) is 10.5 Å². The Bertz CT molecular complexity index is 650. The molecule has 0 saturated carbocycles. The van der Waals surface area contributed by atoms with Crippen molar-refractivity contribution in [2.24, 2.45) is 0 Å². The zero-order valence-corrected chi connectivity index (χ0v) is 12.1. The van der Waals surface area contributed by atoms with E-state index in [2.05, 4.69) is 10.3 Å². The van der Waals surface area contributed by atoms with E-state index in [1.54, 1.807) is 24.3 Å². The number of carbonyl (C=O) groups is 1. The summed E-state index contributed by atoms with van der Waals surface area (Å²) in [6.45, 7) is -1.39. The van der Waals surface area contributed by atoms with Crippen LogP contribution in [0.3, 0.4) is 0 Å². The van der Waals surface area contributed by atoms with Gasteiger partial charge in [-0.3, -0.25) is 4.79 Å². The topological polar surface area (TPSA) is 71.2 Å². The molecule has 22 heavy (non-hydrogen) atoms. The Morgan fingerprint density at radius 3 is 2.86 bits per heavy atom.